The van der Waals surface area contributed by atoms with Crippen LogP contribution in [0.5, 0.6) is 0 Å². The second-order valence-electron chi connectivity index (χ2n) is 5.32. The fourth-order valence-electron chi connectivity index (χ4n) is 2.37. The molecule has 1 saturated carbocycles. The third-order valence-electron chi connectivity index (χ3n) is 3.44. The van der Waals surface area contributed by atoms with E-state index in [1.807, 2.05) is 0 Å². The van der Waals surface area contributed by atoms with E-state index in [1.54, 1.807) is 0 Å². The molecular formula is C15H31NOS. The maximum absolute atomic E-state index is 5.71. The van der Waals surface area contributed by atoms with E-state index in [9.17, 15) is 0 Å². The summed E-state index contributed by atoms with van der Waals surface area (Å²) in [5.74, 6) is 1.22. The van der Waals surface area contributed by atoms with Crippen LogP contribution in [0.2, 0.25) is 0 Å². The normalized spacial score (nSPS) is 19.0. The van der Waals surface area contributed by atoms with Crippen LogP contribution in [0, 0.1) is 0 Å². The van der Waals surface area contributed by atoms with Gasteiger partial charge in [0.1, 0.15) is 0 Å². The summed E-state index contributed by atoms with van der Waals surface area (Å²) in [5, 5.41) is 4.53. The second kappa shape index (κ2) is 11.1. The van der Waals surface area contributed by atoms with Crippen molar-refractivity contribution in [3.8, 4) is 0 Å². The van der Waals surface area contributed by atoms with Crippen LogP contribution >= 0.6 is 11.8 Å². The van der Waals surface area contributed by atoms with Gasteiger partial charge in [-0.2, -0.15) is 11.8 Å². The summed E-state index contributed by atoms with van der Waals surface area (Å²) in [6.45, 7) is 7.30. The lowest BCUT2D eigenvalue weighted by atomic mass is 10.0. The molecule has 0 aromatic carbocycles. The molecule has 0 bridgehead atoms. The molecular weight excluding hydrogens is 242 g/mol. The van der Waals surface area contributed by atoms with Crippen molar-refractivity contribution in [2.24, 2.45) is 0 Å². The fourth-order valence-corrected chi connectivity index (χ4v) is 3.75. The quantitative estimate of drug-likeness (QED) is 0.611. The molecule has 1 N–H and O–H groups in total. The van der Waals surface area contributed by atoms with Crippen LogP contribution in [0.1, 0.15) is 58.8 Å². The van der Waals surface area contributed by atoms with Gasteiger partial charge in [0.05, 0.1) is 6.61 Å². The number of thioether (sulfide) groups is 1. The van der Waals surface area contributed by atoms with Crippen molar-refractivity contribution in [3.05, 3.63) is 0 Å². The number of nitrogens with one attached hydrogen (secondary N) is 1. The van der Waals surface area contributed by atoms with E-state index < -0.39 is 0 Å². The Morgan fingerprint density at radius 1 is 1.17 bits per heavy atom. The molecule has 1 aliphatic carbocycles. The van der Waals surface area contributed by atoms with Gasteiger partial charge in [-0.05, 0) is 32.2 Å². The lowest BCUT2D eigenvalue weighted by Crippen LogP contribution is -2.37. The second-order valence-corrected chi connectivity index (χ2v) is 6.65. The van der Waals surface area contributed by atoms with Gasteiger partial charge >= 0.3 is 0 Å². The molecule has 1 fully saturated rings. The fraction of sp³-hybridized carbons (Fsp3) is 1.00. The Morgan fingerprint density at radius 3 is 2.61 bits per heavy atom. The van der Waals surface area contributed by atoms with Gasteiger partial charge in [-0.15, -0.1) is 0 Å². The average Bonchev–Trinajstić information content (AvgIpc) is 2.42. The summed E-state index contributed by atoms with van der Waals surface area (Å²) in [4.78, 5) is 0. The highest BCUT2D eigenvalue weighted by molar-refractivity contribution is 7.99. The summed E-state index contributed by atoms with van der Waals surface area (Å²) >= 11 is 2.17. The van der Waals surface area contributed by atoms with Crippen LogP contribution in [0.3, 0.4) is 0 Å². The minimum atomic E-state index is 0.545. The molecule has 0 saturated heterocycles. The Labute approximate surface area is 118 Å². The van der Waals surface area contributed by atoms with Crippen molar-refractivity contribution in [1.82, 2.24) is 5.32 Å². The molecule has 18 heavy (non-hydrogen) atoms. The maximum Gasteiger partial charge on any atom is 0.0627 e. The van der Waals surface area contributed by atoms with Gasteiger partial charge in [-0.1, -0.05) is 33.1 Å². The number of ether oxygens (including phenoxy) is 1. The Bertz CT molecular complexity index is 183. The molecule has 0 spiro atoms. The highest BCUT2D eigenvalue weighted by Gasteiger charge is 2.16. The summed E-state index contributed by atoms with van der Waals surface area (Å²) < 4.78 is 5.71. The van der Waals surface area contributed by atoms with Crippen molar-refractivity contribution >= 4 is 11.8 Å². The third kappa shape index (κ3) is 7.65. The molecule has 0 aromatic heterocycles. The molecule has 1 unspecified atom stereocenters. The molecule has 108 valence electrons. The molecule has 0 aliphatic heterocycles. The van der Waals surface area contributed by atoms with Crippen LogP contribution in [0.15, 0.2) is 0 Å². The van der Waals surface area contributed by atoms with E-state index >= 15 is 0 Å². The molecule has 1 atom stereocenters. The Kier molecular flexibility index (Phi) is 10.1. The van der Waals surface area contributed by atoms with E-state index in [0.717, 1.165) is 31.4 Å². The van der Waals surface area contributed by atoms with Crippen LogP contribution in [0.25, 0.3) is 0 Å². The first-order chi connectivity index (χ1) is 8.86. The SMILES string of the molecule is CCCNC(COCCC)CSC1CCCCC1. The molecule has 0 radical (unpaired) electrons. The lowest BCUT2D eigenvalue weighted by molar-refractivity contribution is 0.117. The first kappa shape index (κ1) is 16.3. The number of rotatable bonds is 10. The molecule has 0 amide bonds. The minimum absolute atomic E-state index is 0.545. The Balaban J connectivity index is 2.16. The van der Waals surface area contributed by atoms with Gasteiger partial charge < -0.3 is 10.1 Å². The van der Waals surface area contributed by atoms with Gasteiger partial charge in [-0.3, -0.25) is 0 Å². The monoisotopic (exact) mass is 273 g/mol. The predicted octanol–water partition coefficient (Wildman–Crippen LogP) is 3.85. The average molecular weight is 273 g/mol. The molecule has 2 nitrogen and oxygen atoms in total. The van der Waals surface area contributed by atoms with Gasteiger partial charge in [0.2, 0.25) is 0 Å². The van der Waals surface area contributed by atoms with Crippen molar-refractivity contribution in [1.29, 1.82) is 0 Å². The molecule has 1 aliphatic rings. The van der Waals surface area contributed by atoms with Gasteiger partial charge in [-0.25, -0.2) is 0 Å². The Hall–Kier alpha value is 0.270. The van der Waals surface area contributed by atoms with E-state index in [2.05, 4.69) is 30.9 Å². The first-order valence-corrected chi connectivity index (χ1v) is 8.84. The maximum atomic E-state index is 5.71. The van der Waals surface area contributed by atoms with E-state index in [0.29, 0.717) is 6.04 Å². The van der Waals surface area contributed by atoms with Crippen LogP contribution < -0.4 is 5.32 Å². The summed E-state index contributed by atoms with van der Waals surface area (Å²) in [7, 11) is 0. The van der Waals surface area contributed by atoms with Crippen molar-refractivity contribution < 1.29 is 4.74 Å². The predicted molar refractivity (Wildman–Crippen MR) is 82.5 cm³/mol. The molecule has 0 heterocycles. The summed E-state index contributed by atoms with van der Waals surface area (Å²) in [6.07, 6.45) is 9.53. The smallest absolute Gasteiger partial charge is 0.0627 e. The van der Waals surface area contributed by atoms with Crippen molar-refractivity contribution in [2.45, 2.75) is 70.1 Å². The summed E-state index contributed by atoms with van der Waals surface area (Å²) in [6, 6.07) is 0.545. The van der Waals surface area contributed by atoms with Crippen LogP contribution in [-0.4, -0.2) is 36.8 Å². The van der Waals surface area contributed by atoms with Crippen LogP contribution in [0.4, 0.5) is 0 Å². The van der Waals surface area contributed by atoms with E-state index in [-0.39, 0.29) is 0 Å². The largest absolute Gasteiger partial charge is 0.380 e. The third-order valence-corrected chi connectivity index (χ3v) is 4.97. The highest BCUT2D eigenvalue weighted by Crippen LogP contribution is 2.28. The molecule has 3 heteroatoms. The zero-order valence-corrected chi connectivity index (χ0v) is 13.1. The van der Waals surface area contributed by atoms with Crippen molar-refractivity contribution in [3.63, 3.8) is 0 Å². The zero-order chi connectivity index (χ0) is 13.1. The van der Waals surface area contributed by atoms with Gasteiger partial charge in [0, 0.05) is 23.7 Å². The van der Waals surface area contributed by atoms with Crippen LogP contribution in [-0.2, 0) is 4.74 Å². The van der Waals surface area contributed by atoms with Crippen molar-refractivity contribution in [2.75, 3.05) is 25.5 Å². The Morgan fingerprint density at radius 2 is 1.94 bits per heavy atom. The number of hydrogen-bond donors (Lipinski definition) is 1. The lowest BCUT2D eigenvalue weighted by Gasteiger charge is -2.24. The molecule has 0 aromatic rings. The highest BCUT2D eigenvalue weighted by atomic mass is 32.2. The van der Waals surface area contributed by atoms with Gasteiger partial charge in [0.15, 0.2) is 0 Å². The first-order valence-electron chi connectivity index (χ1n) is 7.79. The zero-order valence-electron chi connectivity index (χ0n) is 12.2. The minimum Gasteiger partial charge on any atom is -0.380 e. The standard InChI is InChI=1S/C15H31NOS/c1-3-10-16-14(12-17-11-4-2)13-18-15-8-6-5-7-9-15/h14-16H,3-13H2,1-2H3. The molecule has 1 rings (SSSR count). The number of hydrogen-bond acceptors (Lipinski definition) is 3. The van der Waals surface area contributed by atoms with E-state index in [4.69, 9.17) is 4.74 Å². The topological polar surface area (TPSA) is 21.3 Å². The summed E-state index contributed by atoms with van der Waals surface area (Å²) in [5.41, 5.74) is 0. The van der Waals surface area contributed by atoms with Gasteiger partial charge in [0.25, 0.3) is 0 Å². The van der Waals surface area contributed by atoms with E-state index in [1.165, 1.54) is 44.3 Å².